The monoisotopic (exact) mass is 311 g/mol. The first-order valence-electron chi connectivity index (χ1n) is 6.95. The first-order valence-corrected chi connectivity index (χ1v) is 9.86. The molecule has 0 aliphatic rings. The van der Waals surface area contributed by atoms with Crippen LogP contribution in [0.4, 0.5) is 0 Å². The van der Waals surface area contributed by atoms with E-state index in [0.717, 1.165) is 0 Å². The molecule has 0 spiro atoms. The van der Waals surface area contributed by atoms with Crippen LogP contribution < -0.4 is 4.73 Å². The minimum Gasteiger partial charge on any atom is -0.618 e. The SMILES string of the molecule is CC(C)(O[Si](C)(C)C(C)(C)C)c1cc(C(=O)O)cc[n+]1[O-]. The van der Waals surface area contributed by atoms with Gasteiger partial charge in [-0.05, 0) is 32.0 Å². The van der Waals surface area contributed by atoms with Gasteiger partial charge in [-0.15, -0.1) is 0 Å². The summed E-state index contributed by atoms with van der Waals surface area (Å²) in [6.07, 6.45) is 1.22. The molecular formula is C15H25NO4Si. The Balaban J connectivity index is 3.25. The van der Waals surface area contributed by atoms with E-state index in [9.17, 15) is 10.0 Å². The molecule has 5 nitrogen and oxygen atoms in total. The largest absolute Gasteiger partial charge is 0.618 e. The number of carboxylic acid groups (broad SMARTS) is 1. The molecule has 0 aliphatic heterocycles. The van der Waals surface area contributed by atoms with Gasteiger partial charge in [0.2, 0.25) is 5.69 Å². The van der Waals surface area contributed by atoms with E-state index >= 15 is 0 Å². The molecule has 0 saturated carbocycles. The first kappa shape index (κ1) is 17.6. The van der Waals surface area contributed by atoms with Crippen molar-refractivity contribution in [3.05, 3.63) is 34.8 Å². The van der Waals surface area contributed by atoms with Crippen molar-refractivity contribution in [1.82, 2.24) is 0 Å². The summed E-state index contributed by atoms with van der Waals surface area (Å²) in [5.41, 5.74) is -0.452. The summed E-state index contributed by atoms with van der Waals surface area (Å²) in [7, 11) is -2.09. The minimum atomic E-state index is -2.09. The number of carbonyl (C=O) groups is 1. The number of aromatic nitrogens is 1. The Hall–Kier alpha value is -1.40. The molecule has 0 aliphatic carbocycles. The lowest BCUT2D eigenvalue weighted by molar-refractivity contribution is -0.621. The number of nitrogens with zero attached hydrogens (tertiary/aromatic N) is 1. The maximum Gasteiger partial charge on any atom is 0.336 e. The molecule has 0 bridgehead atoms. The van der Waals surface area contributed by atoms with Crippen LogP contribution in [0.2, 0.25) is 18.1 Å². The maximum absolute atomic E-state index is 12.0. The number of hydrogen-bond donors (Lipinski definition) is 1. The Kier molecular flexibility index (Phi) is 4.55. The second kappa shape index (κ2) is 5.42. The standard InChI is InChI=1S/C15H25NO4Si/c1-14(2,3)21(6,7)20-15(4,5)12-10-11(13(17)18)8-9-16(12)19/h8-10H,1-7H3,(H,17,18). The molecule has 0 radical (unpaired) electrons. The summed E-state index contributed by atoms with van der Waals surface area (Å²) in [5.74, 6) is -1.06. The van der Waals surface area contributed by atoms with Crippen molar-refractivity contribution in [2.75, 3.05) is 0 Å². The molecule has 1 heterocycles. The van der Waals surface area contributed by atoms with Crippen molar-refractivity contribution < 1.29 is 19.1 Å². The summed E-state index contributed by atoms with van der Waals surface area (Å²) in [6.45, 7) is 14.2. The van der Waals surface area contributed by atoms with Crippen LogP contribution in [-0.2, 0) is 10.0 Å². The topological polar surface area (TPSA) is 73.5 Å². The van der Waals surface area contributed by atoms with Gasteiger partial charge in [0.1, 0.15) is 5.60 Å². The van der Waals surface area contributed by atoms with Gasteiger partial charge in [0.25, 0.3) is 0 Å². The van der Waals surface area contributed by atoms with E-state index in [-0.39, 0.29) is 10.6 Å². The van der Waals surface area contributed by atoms with Crippen molar-refractivity contribution in [2.45, 2.75) is 58.4 Å². The fourth-order valence-corrected chi connectivity index (χ4v) is 3.59. The van der Waals surface area contributed by atoms with E-state index in [1.165, 1.54) is 18.3 Å². The highest BCUT2D eigenvalue weighted by molar-refractivity contribution is 6.74. The number of pyridine rings is 1. The van der Waals surface area contributed by atoms with Crippen molar-refractivity contribution in [1.29, 1.82) is 0 Å². The molecule has 0 aromatic carbocycles. The highest BCUT2D eigenvalue weighted by atomic mass is 28.4. The predicted molar refractivity (Wildman–Crippen MR) is 83.7 cm³/mol. The molecule has 6 heteroatoms. The van der Waals surface area contributed by atoms with E-state index in [1.54, 1.807) is 0 Å². The average molecular weight is 311 g/mol. The molecule has 1 aromatic rings. The number of carboxylic acids is 1. The van der Waals surface area contributed by atoms with Gasteiger partial charge < -0.3 is 14.7 Å². The maximum atomic E-state index is 12.0. The van der Waals surface area contributed by atoms with Gasteiger partial charge in [0.05, 0.1) is 5.56 Å². The molecule has 0 amide bonds. The molecular weight excluding hydrogens is 286 g/mol. The summed E-state index contributed by atoms with van der Waals surface area (Å²) in [5, 5.41) is 21.1. The van der Waals surface area contributed by atoms with E-state index in [0.29, 0.717) is 10.4 Å². The van der Waals surface area contributed by atoms with Crippen molar-refractivity contribution in [3.8, 4) is 0 Å². The zero-order chi connectivity index (χ0) is 16.6. The van der Waals surface area contributed by atoms with Gasteiger partial charge in [-0.1, -0.05) is 20.8 Å². The van der Waals surface area contributed by atoms with Crippen molar-refractivity contribution >= 4 is 14.3 Å². The Bertz CT molecular complexity index is 547. The molecule has 21 heavy (non-hydrogen) atoms. The van der Waals surface area contributed by atoms with Crippen LogP contribution in [0.3, 0.4) is 0 Å². The normalized spacial score (nSPS) is 13.3. The quantitative estimate of drug-likeness (QED) is 0.526. The smallest absolute Gasteiger partial charge is 0.336 e. The predicted octanol–water partition coefficient (Wildman–Crippen LogP) is 3.28. The Morgan fingerprint density at radius 1 is 1.29 bits per heavy atom. The second-order valence-electron chi connectivity index (χ2n) is 7.30. The van der Waals surface area contributed by atoms with E-state index in [1.807, 2.05) is 13.8 Å². The Morgan fingerprint density at radius 3 is 2.24 bits per heavy atom. The summed E-state index contributed by atoms with van der Waals surface area (Å²) >= 11 is 0. The highest BCUT2D eigenvalue weighted by Gasteiger charge is 2.44. The second-order valence-corrected chi connectivity index (χ2v) is 12.0. The number of aromatic carboxylic acids is 1. The third kappa shape index (κ3) is 3.82. The van der Waals surface area contributed by atoms with Gasteiger partial charge in [-0.2, -0.15) is 4.73 Å². The summed E-state index contributed by atoms with van der Waals surface area (Å²) in [6, 6.07) is 2.68. The molecule has 0 fully saturated rings. The zero-order valence-corrected chi connectivity index (χ0v) is 14.9. The van der Waals surface area contributed by atoms with Crippen LogP contribution in [0.15, 0.2) is 18.3 Å². The van der Waals surface area contributed by atoms with Crippen LogP contribution in [0.25, 0.3) is 0 Å². The third-order valence-electron chi connectivity index (χ3n) is 4.10. The highest BCUT2D eigenvalue weighted by Crippen LogP contribution is 2.41. The van der Waals surface area contributed by atoms with Crippen molar-refractivity contribution in [3.63, 3.8) is 0 Å². The number of hydrogen-bond acceptors (Lipinski definition) is 3. The van der Waals surface area contributed by atoms with Crippen LogP contribution >= 0.6 is 0 Å². The van der Waals surface area contributed by atoms with Crippen molar-refractivity contribution in [2.24, 2.45) is 0 Å². The molecule has 0 unspecified atom stereocenters. The van der Waals surface area contributed by atoms with E-state index in [2.05, 4.69) is 33.9 Å². The summed E-state index contributed by atoms with van der Waals surface area (Å²) in [4.78, 5) is 11.1. The lowest BCUT2D eigenvalue weighted by atomic mass is 10.0. The minimum absolute atomic E-state index is 0.00237. The molecule has 1 N–H and O–H groups in total. The first-order chi connectivity index (χ1) is 9.28. The Morgan fingerprint density at radius 2 is 1.81 bits per heavy atom. The average Bonchev–Trinajstić information content (AvgIpc) is 2.25. The van der Waals surface area contributed by atoms with Gasteiger partial charge in [0.15, 0.2) is 14.5 Å². The fourth-order valence-electron chi connectivity index (χ4n) is 1.90. The van der Waals surface area contributed by atoms with Gasteiger partial charge in [0, 0.05) is 12.1 Å². The molecule has 1 rings (SSSR count). The molecule has 0 atom stereocenters. The van der Waals surface area contributed by atoms with E-state index in [4.69, 9.17) is 9.53 Å². The van der Waals surface area contributed by atoms with Gasteiger partial charge >= 0.3 is 5.97 Å². The van der Waals surface area contributed by atoms with Crippen LogP contribution in [-0.4, -0.2) is 19.4 Å². The zero-order valence-electron chi connectivity index (χ0n) is 13.9. The fraction of sp³-hybridized carbons (Fsp3) is 0.600. The van der Waals surface area contributed by atoms with E-state index < -0.39 is 19.9 Å². The number of rotatable bonds is 4. The van der Waals surface area contributed by atoms with Gasteiger partial charge in [-0.3, -0.25) is 0 Å². The van der Waals surface area contributed by atoms with Crippen LogP contribution in [0.1, 0.15) is 50.7 Å². The molecule has 0 saturated heterocycles. The molecule has 118 valence electrons. The van der Waals surface area contributed by atoms with Crippen LogP contribution in [0.5, 0.6) is 0 Å². The third-order valence-corrected chi connectivity index (χ3v) is 8.73. The lowest BCUT2D eigenvalue weighted by Crippen LogP contribution is -2.50. The Labute approximate surface area is 127 Å². The molecule has 1 aromatic heterocycles. The van der Waals surface area contributed by atoms with Crippen LogP contribution in [0, 0.1) is 5.21 Å². The lowest BCUT2D eigenvalue weighted by Gasteiger charge is -2.41. The van der Waals surface area contributed by atoms with Gasteiger partial charge in [-0.25, -0.2) is 4.79 Å². The summed E-state index contributed by atoms with van der Waals surface area (Å²) < 4.78 is 7.00.